The lowest BCUT2D eigenvalue weighted by Crippen LogP contribution is -2.41. The van der Waals surface area contributed by atoms with Gasteiger partial charge in [-0.2, -0.15) is 0 Å². The Hall–Kier alpha value is -2.25. The van der Waals surface area contributed by atoms with E-state index in [2.05, 4.69) is 27.1 Å². The van der Waals surface area contributed by atoms with Crippen LogP contribution in [0.2, 0.25) is 0 Å². The van der Waals surface area contributed by atoms with Gasteiger partial charge in [-0.3, -0.25) is 0 Å². The van der Waals surface area contributed by atoms with Crippen LogP contribution in [-0.2, 0) is 9.30 Å². The van der Waals surface area contributed by atoms with Crippen LogP contribution in [0, 0.1) is 0 Å². The van der Waals surface area contributed by atoms with E-state index in [1.54, 1.807) is 11.3 Å². The van der Waals surface area contributed by atoms with Crippen LogP contribution in [0.5, 0.6) is 0 Å². The van der Waals surface area contributed by atoms with E-state index >= 15 is 0 Å². The fourth-order valence-electron chi connectivity index (χ4n) is 5.24. The Bertz CT molecular complexity index is 1380. The lowest BCUT2D eigenvalue weighted by molar-refractivity contribution is -0.0192. The number of hydrogen-bond acceptors (Lipinski definition) is 7. The second-order valence-corrected chi connectivity index (χ2v) is 13.7. The van der Waals surface area contributed by atoms with Crippen LogP contribution in [0.3, 0.4) is 0 Å². The molecular weight excluding hydrogens is 453 g/mol. The number of piperidine rings is 1. The normalized spacial score (nSPS) is 20.7. The van der Waals surface area contributed by atoms with E-state index in [-0.39, 0.29) is 11.6 Å². The highest BCUT2D eigenvalue weighted by atomic mass is 32.1. The van der Waals surface area contributed by atoms with Gasteiger partial charge in [-0.05, 0) is 63.2 Å². The van der Waals surface area contributed by atoms with Gasteiger partial charge in [0.2, 0.25) is 5.95 Å². The molecule has 2 aliphatic heterocycles. The van der Waals surface area contributed by atoms with Crippen molar-refractivity contribution < 1.29 is 9.30 Å². The van der Waals surface area contributed by atoms with Crippen molar-refractivity contribution in [3.8, 4) is 11.3 Å². The molecule has 0 amide bonds. The number of benzene rings is 1. The minimum absolute atomic E-state index is 0.0142. The Morgan fingerprint density at radius 2 is 2.06 bits per heavy atom. The van der Waals surface area contributed by atoms with Crippen LogP contribution < -0.4 is 15.9 Å². The van der Waals surface area contributed by atoms with Crippen molar-refractivity contribution >= 4 is 50.9 Å². The van der Waals surface area contributed by atoms with Gasteiger partial charge in [0.15, 0.2) is 0 Å². The smallest absolute Gasteiger partial charge is 0.224 e. The third-order valence-electron chi connectivity index (χ3n) is 6.89. The number of thiophene rings is 1. The number of aromatic nitrogens is 3. The zero-order valence-electron chi connectivity index (χ0n) is 18.9. The minimum atomic E-state index is -2.42. The van der Waals surface area contributed by atoms with E-state index in [9.17, 15) is 4.57 Å². The number of nitrogens with one attached hydrogen (secondary N) is 3. The first-order chi connectivity index (χ1) is 15.9. The van der Waals surface area contributed by atoms with Gasteiger partial charge in [0.05, 0.1) is 39.7 Å². The van der Waals surface area contributed by atoms with Crippen molar-refractivity contribution in [2.24, 2.45) is 0 Å². The van der Waals surface area contributed by atoms with E-state index < -0.39 is 7.14 Å². The summed E-state index contributed by atoms with van der Waals surface area (Å²) in [6.07, 6.45) is 5.07. The summed E-state index contributed by atoms with van der Waals surface area (Å²) in [5.74, 6) is 0.637. The zero-order valence-corrected chi connectivity index (χ0v) is 20.6. The maximum absolute atomic E-state index is 12.9. The first kappa shape index (κ1) is 21.3. The van der Waals surface area contributed by atoms with Crippen molar-refractivity contribution in [3.63, 3.8) is 0 Å². The molecule has 2 aliphatic rings. The molecule has 2 fully saturated rings. The van der Waals surface area contributed by atoms with Gasteiger partial charge in [-0.25, -0.2) is 9.97 Å². The summed E-state index contributed by atoms with van der Waals surface area (Å²) in [6, 6.07) is 8.25. The number of hydrogen-bond donors (Lipinski definition) is 3. The summed E-state index contributed by atoms with van der Waals surface area (Å²) in [7, 11) is -2.42. The molecule has 0 radical (unpaired) electrons. The molecule has 9 heteroatoms. The first-order valence-electron chi connectivity index (χ1n) is 11.4. The van der Waals surface area contributed by atoms with Crippen molar-refractivity contribution in [2.75, 3.05) is 38.3 Å². The third kappa shape index (κ3) is 3.79. The molecule has 3 N–H and O–H groups in total. The van der Waals surface area contributed by atoms with E-state index in [4.69, 9.17) is 14.7 Å². The van der Waals surface area contributed by atoms with Crippen LogP contribution in [-0.4, -0.2) is 59.6 Å². The Balaban J connectivity index is 1.38. The molecule has 1 aromatic carbocycles. The number of fused-ring (bicyclic) bond motifs is 2. The maximum Gasteiger partial charge on any atom is 0.224 e. The molecule has 7 nitrogen and oxygen atoms in total. The largest absolute Gasteiger partial charge is 0.373 e. The summed E-state index contributed by atoms with van der Waals surface area (Å²) in [6.45, 7) is 6.33. The summed E-state index contributed by atoms with van der Waals surface area (Å²) in [4.78, 5) is 13.2. The van der Waals surface area contributed by atoms with Crippen molar-refractivity contribution in [1.82, 2.24) is 20.3 Å². The Labute approximate surface area is 196 Å². The van der Waals surface area contributed by atoms with Gasteiger partial charge in [0, 0.05) is 22.5 Å². The van der Waals surface area contributed by atoms with Gasteiger partial charge in [0.1, 0.15) is 7.14 Å². The standard InChI is InChI=1S/C24H28N5O2PS/c1-32(2,30)19-5-3-4-16-17(13-26-20(16)19)21-22-18(6-11-33-22)28-23(29-21)27-15-12-24(31-14-15)7-9-25-10-8-24/h3-6,11,13,15,25-26H,7-10,12,14H2,1-2H3,(H,27,28,29)/t15-/m1/s1. The molecule has 6 rings (SSSR count). The third-order valence-corrected chi connectivity index (χ3v) is 9.33. The van der Waals surface area contributed by atoms with E-state index in [0.29, 0.717) is 12.6 Å². The number of ether oxygens (including phenoxy) is 1. The number of rotatable bonds is 4. The van der Waals surface area contributed by atoms with E-state index in [0.717, 1.165) is 70.0 Å². The summed E-state index contributed by atoms with van der Waals surface area (Å²) in [5, 5.41) is 11.0. The summed E-state index contributed by atoms with van der Waals surface area (Å²) in [5.41, 5.74) is 3.76. The lowest BCUT2D eigenvalue weighted by atomic mass is 9.88. The highest BCUT2D eigenvalue weighted by Crippen LogP contribution is 2.41. The average molecular weight is 482 g/mol. The minimum Gasteiger partial charge on any atom is -0.373 e. The highest BCUT2D eigenvalue weighted by molar-refractivity contribution is 7.70. The molecule has 4 aromatic rings. The number of aromatic amines is 1. The summed E-state index contributed by atoms with van der Waals surface area (Å²) >= 11 is 1.65. The SMILES string of the molecule is CP(C)(=O)c1cccc2c(-c3nc(N[C@H]4COC5(CCNCC5)C4)nc4ccsc34)c[nH]c12. The average Bonchev–Trinajstić information content (AvgIpc) is 3.52. The van der Waals surface area contributed by atoms with E-state index in [1.807, 2.05) is 37.7 Å². The summed E-state index contributed by atoms with van der Waals surface area (Å²) < 4.78 is 20.2. The van der Waals surface area contributed by atoms with Gasteiger partial charge in [-0.1, -0.05) is 12.1 Å². The number of H-pyrrole nitrogens is 1. The second kappa shape index (κ2) is 7.91. The molecule has 0 aliphatic carbocycles. The van der Waals surface area contributed by atoms with Crippen molar-refractivity contribution in [1.29, 1.82) is 0 Å². The number of nitrogens with zero attached hydrogens (tertiary/aromatic N) is 2. The quantitative estimate of drug-likeness (QED) is 0.374. The molecule has 2 saturated heterocycles. The molecule has 0 unspecified atom stereocenters. The Morgan fingerprint density at radius 3 is 2.88 bits per heavy atom. The first-order valence-corrected chi connectivity index (χ1v) is 14.9. The number of para-hydroxylation sites is 1. The van der Waals surface area contributed by atoms with Crippen LogP contribution in [0.15, 0.2) is 35.8 Å². The number of anilines is 1. The monoisotopic (exact) mass is 481 g/mol. The van der Waals surface area contributed by atoms with Gasteiger partial charge >= 0.3 is 0 Å². The van der Waals surface area contributed by atoms with Gasteiger partial charge < -0.3 is 24.9 Å². The molecule has 172 valence electrons. The van der Waals surface area contributed by atoms with E-state index in [1.165, 1.54) is 0 Å². The fraction of sp³-hybridized carbons (Fsp3) is 0.417. The lowest BCUT2D eigenvalue weighted by Gasteiger charge is -2.32. The molecule has 1 spiro atoms. The highest BCUT2D eigenvalue weighted by Gasteiger charge is 2.41. The molecule has 33 heavy (non-hydrogen) atoms. The predicted molar refractivity (Wildman–Crippen MR) is 137 cm³/mol. The van der Waals surface area contributed by atoms with Gasteiger partial charge in [0.25, 0.3) is 0 Å². The molecule has 0 bridgehead atoms. The molecule has 3 aromatic heterocycles. The second-order valence-electron chi connectivity index (χ2n) is 9.57. The molecule has 1 atom stereocenters. The predicted octanol–water partition coefficient (Wildman–Crippen LogP) is 4.41. The van der Waals surface area contributed by atoms with Crippen LogP contribution in [0.4, 0.5) is 5.95 Å². The van der Waals surface area contributed by atoms with Crippen molar-refractivity contribution in [3.05, 3.63) is 35.8 Å². The Morgan fingerprint density at radius 1 is 1.21 bits per heavy atom. The molecule has 0 saturated carbocycles. The Kier molecular flexibility index (Phi) is 5.11. The van der Waals surface area contributed by atoms with Crippen LogP contribution >= 0.6 is 18.5 Å². The van der Waals surface area contributed by atoms with Crippen LogP contribution in [0.1, 0.15) is 19.3 Å². The molecular formula is C24H28N5O2PS. The molecule has 5 heterocycles. The van der Waals surface area contributed by atoms with Crippen molar-refractivity contribution in [2.45, 2.75) is 30.9 Å². The fourth-order valence-corrected chi connectivity index (χ4v) is 7.25. The topological polar surface area (TPSA) is 91.9 Å². The zero-order chi connectivity index (χ0) is 22.6. The van der Waals surface area contributed by atoms with Crippen LogP contribution in [0.25, 0.3) is 32.4 Å². The van der Waals surface area contributed by atoms with Gasteiger partial charge in [-0.15, -0.1) is 11.3 Å². The maximum atomic E-state index is 12.9.